The molecular weight excluding hydrogens is 636 g/mol. The summed E-state index contributed by atoms with van der Waals surface area (Å²) in [7, 11) is 5.21. The molecule has 0 bridgehead atoms. The fourth-order valence-electron chi connectivity index (χ4n) is 7.65. The average Bonchev–Trinajstić information content (AvgIpc) is 3.58. The van der Waals surface area contributed by atoms with E-state index in [9.17, 15) is 25.5 Å². The Morgan fingerprint density at radius 1 is 0.840 bits per heavy atom. The molecule has 0 amide bonds. The molecule has 1 aromatic rings. The minimum Gasteiger partial charge on any atom is -0.387 e. The van der Waals surface area contributed by atoms with Gasteiger partial charge in [-0.3, -0.25) is 20.4 Å². The molecule has 11 nitrogen and oxygen atoms in total. The maximum atomic E-state index is 11.8. The van der Waals surface area contributed by atoms with E-state index in [-0.39, 0.29) is 47.8 Å². The van der Waals surface area contributed by atoms with Crippen molar-refractivity contribution in [2.45, 2.75) is 155 Å². The first kappa shape index (κ1) is 44.9. The van der Waals surface area contributed by atoms with Crippen LogP contribution in [0.4, 0.5) is 0 Å². The molecule has 0 aromatic heterocycles. The Morgan fingerprint density at radius 3 is 1.96 bits per heavy atom. The molecule has 1 fully saturated rings. The number of ether oxygens (including phenoxy) is 2. The van der Waals surface area contributed by atoms with Crippen molar-refractivity contribution in [1.29, 1.82) is 0 Å². The predicted molar refractivity (Wildman–Crippen MR) is 200 cm³/mol. The highest BCUT2D eigenvalue weighted by molar-refractivity contribution is 5.18. The van der Waals surface area contributed by atoms with Gasteiger partial charge in [0, 0.05) is 51.2 Å². The topological polar surface area (TPSA) is 150 Å². The van der Waals surface area contributed by atoms with E-state index in [0.717, 1.165) is 24.8 Å². The zero-order valence-corrected chi connectivity index (χ0v) is 33.1. The lowest BCUT2D eigenvalue weighted by molar-refractivity contribution is -0.132. The van der Waals surface area contributed by atoms with Gasteiger partial charge >= 0.3 is 0 Å². The fourth-order valence-corrected chi connectivity index (χ4v) is 7.65. The van der Waals surface area contributed by atoms with Crippen LogP contribution >= 0.6 is 0 Å². The van der Waals surface area contributed by atoms with Gasteiger partial charge in [-0.1, -0.05) is 92.1 Å². The van der Waals surface area contributed by atoms with Crippen molar-refractivity contribution in [2.24, 2.45) is 29.6 Å². The van der Waals surface area contributed by atoms with Crippen molar-refractivity contribution in [1.82, 2.24) is 20.4 Å². The molecule has 1 aliphatic rings. The second-order valence-electron chi connectivity index (χ2n) is 15.7. The number of aliphatic hydroxyl groups excluding tert-OH is 5. The lowest BCUT2D eigenvalue weighted by Crippen LogP contribution is -2.61. The number of hydrogen-bond acceptors (Lipinski definition) is 11. The van der Waals surface area contributed by atoms with Crippen LogP contribution in [-0.4, -0.2) is 124 Å². The van der Waals surface area contributed by atoms with Crippen LogP contribution in [0.5, 0.6) is 0 Å². The molecule has 0 radical (unpaired) electrons. The highest BCUT2D eigenvalue weighted by atomic mass is 16.5. The molecule has 1 saturated heterocycles. The first-order chi connectivity index (χ1) is 23.5. The van der Waals surface area contributed by atoms with Gasteiger partial charge in [0.25, 0.3) is 0 Å². The minimum absolute atomic E-state index is 0.00854. The summed E-state index contributed by atoms with van der Waals surface area (Å²) < 4.78 is 12.1. The van der Waals surface area contributed by atoms with E-state index >= 15 is 0 Å². The summed E-state index contributed by atoms with van der Waals surface area (Å²) in [5, 5.41) is 63.2. The number of nitrogens with one attached hydrogen (secondary N) is 2. The van der Waals surface area contributed by atoms with E-state index in [0.29, 0.717) is 13.0 Å². The molecule has 11 heteroatoms. The van der Waals surface area contributed by atoms with Crippen molar-refractivity contribution in [2.75, 3.05) is 27.8 Å². The Labute approximate surface area is 303 Å². The monoisotopic (exact) mass is 711 g/mol. The van der Waals surface area contributed by atoms with Gasteiger partial charge < -0.3 is 35.0 Å². The number of aliphatic hydroxyl groups is 5. The predicted octanol–water partition coefficient (Wildman–Crippen LogP) is 3.75. The summed E-state index contributed by atoms with van der Waals surface area (Å²) in [5.41, 5.74) is 0.775. The summed E-state index contributed by atoms with van der Waals surface area (Å²) in [5.74, 6) is 0.116. The molecule has 8 unspecified atom stereocenters. The van der Waals surface area contributed by atoms with Crippen molar-refractivity contribution >= 4 is 0 Å². The first-order valence-electron chi connectivity index (χ1n) is 19.0. The van der Waals surface area contributed by atoms with Gasteiger partial charge in [0.1, 0.15) is 24.9 Å². The molecule has 0 saturated carbocycles. The molecule has 7 N–H and O–H groups in total. The summed E-state index contributed by atoms with van der Waals surface area (Å²) in [4.78, 5) is 4.02. The van der Waals surface area contributed by atoms with Gasteiger partial charge in [0.2, 0.25) is 0 Å². The summed E-state index contributed by atoms with van der Waals surface area (Å²) in [6, 6.07) is 8.23. The molecule has 292 valence electrons. The molecule has 1 aliphatic heterocycles. The van der Waals surface area contributed by atoms with Crippen LogP contribution in [0, 0.1) is 29.6 Å². The van der Waals surface area contributed by atoms with E-state index in [1.807, 2.05) is 76.9 Å². The Bertz CT molecular complexity index is 1050. The van der Waals surface area contributed by atoms with E-state index < -0.39 is 49.2 Å². The molecule has 2 rings (SSSR count). The quantitative estimate of drug-likeness (QED) is 0.0833. The zero-order valence-electron chi connectivity index (χ0n) is 33.1. The average molecular weight is 711 g/mol. The smallest absolute Gasteiger partial charge is 0.123 e. The van der Waals surface area contributed by atoms with Gasteiger partial charge in [-0.15, -0.1) is 0 Å². The zero-order chi connectivity index (χ0) is 37.9. The third-order valence-electron chi connectivity index (χ3n) is 11.6. The van der Waals surface area contributed by atoms with E-state index in [1.165, 1.54) is 0 Å². The van der Waals surface area contributed by atoms with E-state index in [4.69, 9.17) is 9.47 Å². The Hall–Kier alpha value is -1.22. The Morgan fingerprint density at radius 2 is 1.44 bits per heavy atom. The molecule has 0 aliphatic carbocycles. The van der Waals surface area contributed by atoms with Gasteiger partial charge in [-0.05, 0) is 56.0 Å². The third-order valence-corrected chi connectivity index (χ3v) is 11.6. The summed E-state index contributed by atoms with van der Waals surface area (Å²) in [6.07, 6.45) is -2.19. The van der Waals surface area contributed by atoms with Gasteiger partial charge in [0.05, 0.1) is 24.4 Å². The minimum atomic E-state index is -0.950. The number of benzene rings is 1. The first-order valence-corrected chi connectivity index (χ1v) is 19.0. The maximum Gasteiger partial charge on any atom is 0.123 e. The van der Waals surface area contributed by atoms with E-state index in [1.54, 1.807) is 14.2 Å². The van der Waals surface area contributed by atoms with Crippen LogP contribution in [-0.2, 0) is 9.47 Å². The Balaban J connectivity index is 2.21. The fraction of sp³-hybridized carbons (Fsp3) is 0.846. The van der Waals surface area contributed by atoms with E-state index in [2.05, 4.69) is 43.2 Å². The summed E-state index contributed by atoms with van der Waals surface area (Å²) in [6.45, 7) is 19.0. The second kappa shape index (κ2) is 21.5. The van der Waals surface area contributed by atoms with Crippen molar-refractivity contribution < 1.29 is 35.0 Å². The number of likely N-dealkylation sites (N-methyl/N-ethyl adjacent to an activating group) is 1. The van der Waals surface area contributed by atoms with Crippen molar-refractivity contribution in [3.63, 3.8) is 0 Å². The van der Waals surface area contributed by atoms with Crippen LogP contribution in [0.1, 0.15) is 99.7 Å². The van der Waals surface area contributed by atoms with Crippen LogP contribution < -0.4 is 10.6 Å². The number of rotatable bonds is 23. The lowest BCUT2D eigenvalue weighted by Gasteiger charge is -2.45. The molecule has 50 heavy (non-hydrogen) atoms. The van der Waals surface area contributed by atoms with Crippen LogP contribution in [0.15, 0.2) is 30.3 Å². The van der Waals surface area contributed by atoms with Gasteiger partial charge in [0.15, 0.2) is 0 Å². The molecule has 1 aromatic carbocycles. The van der Waals surface area contributed by atoms with Crippen LogP contribution in [0.25, 0.3) is 0 Å². The van der Waals surface area contributed by atoms with Gasteiger partial charge in [-0.2, -0.15) is 0 Å². The normalized spacial score (nSPS) is 24.0. The van der Waals surface area contributed by atoms with Crippen molar-refractivity contribution in [3.05, 3.63) is 35.9 Å². The standard InChI is InChI=1S/C39H74N4O7/c1-13-25(6)34(42(10)39(48)33(24(4)5)41-37(46)26(7)23(2)3)31(49-11)22-32(44)43-21-17-20-30(43)36(50-12)27(8)38(47)40-28(9)35(45)29-18-15-14-16-19-29/h14-16,18-19,23-28,30-41,44-48H,13,17,20-22H2,1-12H3/t25-,26?,27+,28+,30?,31?,32?,33-,34?,35+,36+,37?,38?,39?/m0/s1. The number of nitrogens with zero attached hydrogens (tertiary/aromatic N) is 2. The van der Waals surface area contributed by atoms with Gasteiger partial charge in [-0.25, -0.2) is 0 Å². The molecule has 14 atom stereocenters. The molecular formula is C39H74N4O7. The molecule has 1 heterocycles. The lowest BCUT2D eigenvalue weighted by atomic mass is 9.88. The third kappa shape index (κ3) is 11.9. The highest BCUT2D eigenvalue weighted by Crippen LogP contribution is 2.32. The largest absolute Gasteiger partial charge is 0.387 e. The number of methoxy groups -OCH3 is 2. The molecule has 0 spiro atoms. The highest BCUT2D eigenvalue weighted by Gasteiger charge is 2.43. The number of likely N-dealkylation sites (tertiary alicyclic amines) is 1. The van der Waals surface area contributed by atoms with Crippen LogP contribution in [0.3, 0.4) is 0 Å². The SMILES string of the molecule is CC[C@H](C)C(C(CC(O)N1CCCC1[C@H](OC)[C@@H](C)C(O)N[C@H](C)[C@@H](O)c1ccccc1)OC)N(C)C(O)[C@@H](NC(O)C(C)C(C)C)C(C)C. The Kier molecular flexibility index (Phi) is 19.3. The van der Waals surface area contributed by atoms with Crippen LogP contribution in [0.2, 0.25) is 0 Å². The van der Waals surface area contributed by atoms with Crippen molar-refractivity contribution in [3.8, 4) is 0 Å². The maximum absolute atomic E-state index is 11.8. The summed E-state index contributed by atoms with van der Waals surface area (Å²) >= 11 is 0. The second-order valence-corrected chi connectivity index (χ2v) is 15.7. The number of hydrogen-bond donors (Lipinski definition) is 7.